The molecule has 0 saturated carbocycles. The Kier molecular flexibility index (Phi) is 2.69. The molecular weight excluding hydrogens is 284 g/mol. The lowest BCUT2D eigenvalue weighted by molar-refractivity contribution is 0.0892. The summed E-state index contributed by atoms with van der Waals surface area (Å²) < 4.78 is 6.01. The van der Waals surface area contributed by atoms with Crippen molar-refractivity contribution in [1.82, 2.24) is 0 Å². The van der Waals surface area contributed by atoms with Crippen molar-refractivity contribution < 1.29 is 9.53 Å². The van der Waals surface area contributed by atoms with Gasteiger partial charge < -0.3 is 4.74 Å². The Hall–Kier alpha value is -2.06. The molecule has 1 spiro atoms. The van der Waals surface area contributed by atoms with Gasteiger partial charge in [-0.05, 0) is 37.1 Å². The Morgan fingerprint density at radius 1 is 1.00 bits per heavy atom. The maximum atomic E-state index is 13.2. The van der Waals surface area contributed by atoms with Crippen LogP contribution in [-0.4, -0.2) is 5.78 Å². The minimum Gasteiger partial charge on any atom is -0.456 e. The van der Waals surface area contributed by atoms with E-state index in [1.54, 1.807) is 18.2 Å². The number of hydrogen-bond acceptors (Lipinski definition) is 2. The van der Waals surface area contributed by atoms with E-state index in [0.717, 1.165) is 11.3 Å². The summed E-state index contributed by atoms with van der Waals surface area (Å²) in [7, 11) is 0. The van der Waals surface area contributed by atoms with Crippen molar-refractivity contribution in [3.63, 3.8) is 0 Å². The van der Waals surface area contributed by atoms with E-state index >= 15 is 0 Å². The Morgan fingerprint density at radius 2 is 1.76 bits per heavy atom. The first-order chi connectivity index (χ1) is 10.2. The van der Waals surface area contributed by atoms with Gasteiger partial charge in [0.25, 0.3) is 0 Å². The summed E-state index contributed by atoms with van der Waals surface area (Å²) in [5.41, 5.74) is 0.988. The summed E-state index contributed by atoms with van der Waals surface area (Å²) in [5.74, 6) is 1.44. The van der Waals surface area contributed by atoms with Crippen LogP contribution in [0.25, 0.3) is 0 Å². The van der Waals surface area contributed by atoms with E-state index in [2.05, 4.69) is 12.2 Å². The molecule has 0 bridgehead atoms. The smallest absolute Gasteiger partial charge is 0.177 e. The van der Waals surface area contributed by atoms with Crippen molar-refractivity contribution in [1.29, 1.82) is 0 Å². The van der Waals surface area contributed by atoms with Gasteiger partial charge in [0.2, 0.25) is 0 Å². The molecule has 1 aliphatic heterocycles. The van der Waals surface area contributed by atoms with E-state index < -0.39 is 5.41 Å². The first kappa shape index (κ1) is 12.7. The van der Waals surface area contributed by atoms with Gasteiger partial charge in [-0.3, -0.25) is 4.79 Å². The Labute approximate surface area is 128 Å². The highest BCUT2D eigenvalue weighted by molar-refractivity contribution is 6.31. The molecule has 2 aliphatic rings. The van der Waals surface area contributed by atoms with Crippen LogP contribution in [0.2, 0.25) is 5.02 Å². The van der Waals surface area contributed by atoms with Gasteiger partial charge >= 0.3 is 0 Å². The molecule has 0 atom stereocenters. The number of ketones is 1. The summed E-state index contributed by atoms with van der Waals surface area (Å²) in [5, 5.41) is 0.553. The number of hydrogen-bond donors (Lipinski definition) is 0. The monoisotopic (exact) mass is 296 g/mol. The van der Waals surface area contributed by atoms with Crippen molar-refractivity contribution in [2.75, 3.05) is 0 Å². The van der Waals surface area contributed by atoms with Crippen molar-refractivity contribution in [3.8, 4) is 11.5 Å². The molecule has 4 rings (SSSR count). The lowest BCUT2D eigenvalue weighted by Crippen LogP contribution is -2.32. The molecule has 3 heteroatoms. The number of carbonyl (C=O) groups is 1. The first-order valence-electron chi connectivity index (χ1n) is 6.97. The Bertz CT molecular complexity index is 769. The SMILES string of the molecule is O=C1c2cc(Cl)ccc2Oc2ccccc2C12CC=CC2. The molecule has 0 radical (unpaired) electrons. The Morgan fingerprint density at radius 3 is 2.57 bits per heavy atom. The molecule has 2 aromatic carbocycles. The molecule has 0 amide bonds. The fraction of sp³-hybridized carbons (Fsp3) is 0.167. The van der Waals surface area contributed by atoms with E-state index in [-0.39, 0.29) is 5.78 Å². The lowest BCUT2D eigenvalue weighted by atomic mass is 9.72. The summed E-state index contributed by atoms with van der Waals surface area (Å²) in [6.07, 6.45) is 5.56. The maximum Gasteiger partial charge on any atom is 0.177 e. The largest absolute Gasteiger partial charge is 0.456 e. The third kappa shape index (κ3) is 1.76. The van der Waals surface area contributed by atoms with Gasteiger partial charge in [0.1, 0.15) is 11.5 Å². The third-order valence-electron chi connectivity index (χ3n) is 4.34. The second kappa shape index (κ2) is 4.47. The fourth-order valence-corrected chi connectivity index (χ4v) is 3.45. The standard InChI is InChI=1S/C18H13ClO2/c19-12-7-8-15-13(11-12)17(20)18(9-3-4-10-18)14-5-1-2-6-16(14)21-15/h1-8,11H,9-10H2. The van der Waals surface area contributed by atoms with Gasteiger partial charge in [-0.25, -0.2) is 0 Å². The highest BCUT2D eigenvalue weighted by Crippen LogP contribution is 2.49. The van der Waals surface area contributed by atoms with Gasteiger partial charge in [-0.2, -0.15) is 0 Å². The normalized spacial score (nSPS) is 18.0. The van der Waals surface area contributed by atoms with Crippen molar-refractivity contribution in [2.24, 2.45) is 0 Å². The van der Waals surface area contributed by atoms with Crippen LogP contribution in [0.4, 0.5) is 0 Å². The van der Waals surface area contributed by atoms with E-state index in [0.29, 0.717) is 29.2 Å². The molecule has 21 heavy (non-hydrogen) atoms. The van der Waals surface area contributed by atoms with E-state index in [1.165, 1.54) is 0 Å². The fourth-order valence-electron chi connectivity index (χ4n) is 3.28. The minimum absolute atomic E-state index is 0.0925. The minimum atomic E-state index is -0.549. The number of Topliss-reactive ketones (excluding diaryl/α,β-unsaturated/α-hetero) is 1. The molecule has 1 aliphatic carbocycles. The van der Waals surface area contributed by atoms with Crippen LogP contribution < -0.4 is 4.74 Å². The zero-order valence-electron chi connectivity index (χ0n) is 11.3. The average molecular weight is 297 g/mol. The molecule has 0 unspecified atom stereocenters. The van der Waals surface area contributed by atoms with Crippen LogP contribution in [-0.2, 0) is 5.41 Å². The highest BCUT2D eigenvalue weighted by Gasteiger charge is 2.45. The second-order valence-electron chi connectivity index (χ2n) is 5.53. The van der Waals surface area contributed by atoms with Crippen LogP contribution in [0.1, 0.15) is 28.8 Å². The number of allylic oxidation sites excluding steroid dienone is 2. The molecule has 2 nitrogen and oxygen atoms in total. The van der Waals surface area contributed by atoms with Crippen LogP contribution in [0, 0.1) is 0 Å². The molecular formula is C18H13ClO2. The topological polar surface area (TPSA) is 26.3 Å². The number of carbonyl (C=O) groups excluding carboxylic acids is 1. The predicted octanol–water partition coefficient (Wildman–Crippen LogP) is 4.92. The van der Waals surface area contributed by atoms with E-state index in [4.69, 9.17) is 16.3 Å². The van der Waals surface area contributed by atoms with Crippen molar-refractivity contribution in [2.45, 2.75) is 18.3 Å². The van der Waals surface area contributed by atoms with Crippen molar-refractivity contribution in [3.05, 3.63) is 70.8 Å². The lowest BCUT2D eigenvalue weighted by Gasteiger charge is -2.27. The zero-order valence-corrected chi connectivity index (χ0v) is 12.1. The molecule has 0 saturated heterocycles. The number of ether oxygens (including phenoxy) is 1. The summed E-state index contributed by atoms with van der Waals surface area (Å²) in [6.45, 7) is 0. The summed E-state index contributed by atoms with van der Waals surface area (Å²) in [4.78, 5) is 13.2. The maximum absolute atomic E-state index is 13.2. The highest BCUT2D eigenvalue weighted by atomic mass is 35.5. The number of para-hydroxylation sites is 1. The van der Waals surface area contributed by atoms with Gasteiger partial charge in [0, 0.05) is 10.6 Å². The molecule has 104 valence electrons. The first-order valence-corrected chi connectivity index (χ1v) is 7.35. The Balaban J connectivity index is 2.01. The molecule has 0 aromatic heterocycles. The average Bonchev–Trinajstić information content (AvgIpc) is 2.96. The quantitative estimate of drug-likeness (QED) is 0.645. The van der Waals surface area contributed by atoms with Gasteiger partial charge in [-0.15, -0.1) is 0 Å². The number of fused-ring (bicyclic) bond motifs is 3. The third-order valence-corrected chi connectivity index (χ3v) is 4.58. The van der Waals surface area contributed by atoms with Crippen LogP contribution >= 0.6 is 11.6 Å². The molecule has 1 heterocycles. The van der Waals surface area contributed by atoms with Crippen LogP contribution in [0.5, 0.6) is 11.5 Å². The molecule has 0 N–H and O–H groups in total. The van der Waals surface area contributed by atoms with Crippen LogP contribution in [0.3, 0.4) is 0 Å². The second-order valence-corrected chi connectivity index (χ2v) is 5.97. The van der Waals surface area contributed by atoms with Gasteiger partial charge in [-0.1, -0.05) is 42.0 Å². The summed E-state index contributed by atoms with van der Waals surface area (Å²) in [6, 6.07) is 13.0. The van der Waals surface area contributed by atoms with Gasteiger partial charge in [0.05, 0.1) is 11.0 Å². The van der Waals surface area contributed by atoms with E-state index in [9.17, 15) is 4.79 Å². The zero-order chi connectivity index (χ0) is 14.4. The molecule has 2 aromatic rings. The number of halogens is 1. The van der Waals surface area contributed by atoms with E-state index in [1.807, 2.05) is 24.3 Å². The number of rotatable bonds is 0. The summed E-state index contributed by atoms with van der Waals surface area (Å²) >= 11 is 6.08. The number of benzene rings is 2. The molecule has 0 fully saturated rings. The van der Waals surface area contributed by atoms with Crippen LogP contribution in [0.15, 0.2) is 54.6 Å². The van der Waals surface area contributed by atoms with Gasteiger partial charge in [0.15, 0.2) is 5.78 Å². The predicted molar refractivity (Wildman–Crippen MR) is 82.4 cm³/mol. The van der Waals surface area contributed by atoms with Crippen molar-refractivity contribution >= 4 is 17.4 Å².